The van der Waals surface area contributed by atoms with Crippen LogP contribution in [-0.2, 0) is 6.61 Å². The highest BCUT2D eigenvalue weighted by molar-refractivity contribution is 7.07. The van der Waals surface area contributed by atoms with Crippen molar-refractivity contribution < 1.29 is 9.53 Å². The quantitative estimate of drug-likeness (QED) is 0.761. The average molecular weight is 247 g/mol. The molecule has 0 N–H and O–H groups in total. The molecule has 0 saturated heterocycles. The minimum Gasteiger partial charge on any atom is -0.487 e. The van der Waals surface area contributed by atoms with Gasteiger partial charge in [0.2, 0.25) is 0 Å². The van der Waals surface area contributed by atoms with Crippen LogP contribution in [0.25, 0.3) is 0 Å². The monoisotopic (exact) mass is 247 g/mol. The zero-order valence-electron chi connectivity index (χ0n) is 9.55. The van der Waals surface area contributed by atoms with Gasteiger partial charge in [0.1, 0.15) is 12.4 Å². The van der Waals surface area contributed by atoms with E-state index in [-0.39, 0.29) is 5.78 Å². The molecule has 1 aromatic heterocycles. The Labute approximate surface area is 104 Å². The van der Waals surface area contributed by atoms with Crippen LogP contribution < -0.4 is 4.74 Å². The Morgan fingerprint density at radius 3 is 2.71 bits per heavy atom. The molecule has 1 heterocycles. The average Bonchev–Trinajstić information content (AvgIpc) is 2.89. The summed E-state index contributed by atoms with van der Waals surface area (Å²) in [4.78, 5) is 15.5. The Balaban J connectivity index is 1.96. The number of rotatable bonds is 5. The normalized spacial score (nSPS) is 10.2. The summed E-state index contributed by atoms with van der Waals surface area (Å²) in [5.41, 5.74) is 3.43. The van der Waals surface area contributed by atoms with Crippen LogP contribution in [0.4, 0.5) is 0 Å². The molecule has 0 spiro atoms. The van der Waals surface area contributed by atoms with E-state index in [4.69, 9.17) is 4.74 Å². The van der Waals surface area contributed by atoms with Gasteiger partial charge in [-0.1, -0.05) is 6.92 Å². The van der Waals surface area contributed by atoms with Gasteiger partial charge in [0.25, 0.3) is 0 Å². The number of hydrogen-bond donors (Lipinski definition) is 0. The predicted octanol–water partition coefficient (Wildman–Crippen LogP) is 3.31. The van der Waals surface area contributed by atoms with Crippen LogP contribution in [0.3, 0.4) is 0 Å². The summed E-state index contributed by atoms with van der Waals surface area (Å²) < 4.78 is 5.55. The van der Waals surface area contributed by atoms with Gasteiger partial charge in [0.05, 0.1) is 11.2 Å². The van der Waals surface area contributed by atoms with Gasteiger partial charge >= 0.3 is 0 Å². The number of ketones is 1. The first-order valence-corrected chi connectivity index (χ1v) is 6.37. The fourth-order valence-electron chi connectivity index (χ4n) is 1.41. The zero-order chi connectivity index (χ0) is 12.1. The van der Waals surface area contributed by atoms with E-state index in [1.54, 1.807) is 29.0 Å². The number of carbonyl (C=O) groups is 1. The van der Waals surface area contributed by atoms with Crippen LogP contribution in [0.1, 0.15) is 29.4 Å². The van der Waals surface area contributed by atoms with Crippen molar-refractivity contribution >= 4 is 17.1 Å². The summed E-state index contributed by atoms with van der Waals surface area (Å²) in [5, 5.41) is 1.95. The Kier molecular flexibility index (Phi) is 3.88. The van der Waals surface area contributed by atoms with Crippen molar-refractivity contribution in [2.45, 2.75) is 20.0 Å². The molecule has 17 heavy (non-hydrogen) atoms. The van der Waals surface area contributed by atoms with Crippen LogP contribution in [0.5, 0.6) is 5.75 Å². The van der Waals surface area contributed by atoms with Crippen molar-refractivity contribution in [2.24, 2.45) is 0 Å². The number of nitrogens with zero attached hydrogens (tertiary/aromatic N) is 1. The third-order valence-corrected chi connectivity index (χ3v) is 3.00. The van der Waals surface area contributed by atoms with Crippen LogP contribution in [0.2, 0.25) is 0 Å². The van der Waals surface area contributed by atoms with E-state index in [1.165, 1.54) is 0 Å². The largest absolute Gasteiger partial charge is 0.487 e. The minimum absolute atomic E-state index is 0.149. The number of carbonyl (C=O) groups excluding carboxylic acids is 1. The summed E-state index contributed by atoms with van der Waals surface area (Å²) in [6, 6.07) is 7.22. The highest BCUT2D eigenvalue weighted by atomic mass is 32.1. The lowest BCUT2D eigenvalue weighted by atomic mass is 10.1. The molecule has 1 aromatic carbocycles. The highest BCUT2D eigenvalue weighted by Gasteiger charge is 2.03. The Morgan fingerprint density at radius 1 is 1.35 bits per heavy atom. The summed E-state index contributed by atoms with van der Waals surface area (Å²) in [6.07, 6.45) is 0.527. The van der Waals surface area contributed by atoms with Gasteiger partial charge in [-0.15, -0.1) is 11.3 Å². The molecule has 88 valence electrons. The van der Waals surface area contributed by atoms with Gasteiger partial charge in [0.15, 0.2) is 5.78 Å². The second kappa shape index (κ2) is 5.59. The highest BCUT2D eigenvalue weighted by Crippen LogP contribution is 2.15. The van der Waals surface area contributed by atoms with E-state index in [0.717, 1.165) is 17.0 Å². The molecule has 0 fully saturated rings. The molecule has 0 bridgehead atoms. The molecule has 0 radical (unpaired) electrons. The van der Waals surface area contributed by atoms with E-state index in [0.29, 0.717) is 13.0 Å². The molecular weight excluding hydrogens is 234 g/mol. The van der Waals surface area contributed by atoms with Crippen molar-refractivity contribution in [1.29, 1.82) is 0 Å². The topological polar surface area (TPSA) is 39.2 Å². The van der Waals surface area contributed by atoms with Crippen molar-refractivity contribution in [3.63, 3.8) is 0 Å². The Bertz CT molecular complexity index is 477. The van der Waals surface area contributed by atoms with Gasteiger partial charge < -0.3 is 4.74 Å². The molecule has 3 nitrogen and oxygen atoms in total. The molecule has 0 aliphatic carbocycles. The maximum absolute atomic E-state index is 11.4. The van der Waals surface area contributed by atoms with E-state index in [9.17, 15) is 4.79 Å². The molecule has 0 saturated carbocycles. The van der Waals surface area contributed by atoms with Crippen molar-refractivity contribution in [2.75, 3.05) is 0 Å². The predicted molar refractivity (Wildman–Crippen MR) is 67.5 cm³/mol. The summed E-state index contributed by atoms with van der Waals surface area (Å²) in [5.74, 6) is 0.904. The molecule has 4 heteroatoms. The number of benzene rings is 1. The van der Waals surface area contributed by atoms with Gasteiger partial charge in [-0.2, -0.15) is 0 Å². The van der Waals surface area contributed by atoms with Gasteiger partial charge in [0, 0.05) is 17.4 Å². The number of aromatic nitrogens is 1. The van der Waals surface area contributed by atoms with Gasteiger partial charge in [-0.25, -0.2) is 4.98 Å². The third-order valence-electron chi connectivity index (χ3n) is 2.37. The smallest absolute Gasteiger partial charge is 0.162 e. The first kappa shape index (κ1) is 11.8. The number of thiazole rings is 1. The number of Topliss-reactive ketones (excluding diaryl/α,β-unsaturated/α-hetero) is 1. The second-order valence-corrected chi connectivity index (χ2v) is 4.29. The van der Waals surface area contributed by atoms with Crippen LogP contribution in [0.15, 0.2) is 35.2 Å². The standard InChI is InChI=1S/C13H13NO2S/c1-2-13(15)10-3-5-12(6-4-10)16-7-11-8-17-9-14-11/h3-6,8-9H,2,7H2,1H3. The number of ether oxygens (including phenoxy) is 1. The molecule has 2 rings (SSSR count). The van der Waals surface area contributed by atoms with E-state index < -0.39 is 0 Å². The van der Waals surface area contributed by atoms with E-state index in [1.807, 2.05) is 24.4 Å². The van der Waals surface area contributed by atoms with Gasteiger partial charge in [-0.3, -0.25) is 4.79 Å². The van der Waals surface area contributed by atoms with Crippen LogP contribution in [0, 0.1) is 0 Å². The molecule has 0 aliphatic rings. The molecule has 2 aromatic rings. The molecular formula is C13H13NO2S. The Hall–Kier alpha value is -1.68. The van der Waals surface area contributed by atoms with E-state index >= 15 is 0 Å². The van der Waals surface area contributed by atoms with E-state index in [2.05, 4.69) is 4.98 Å². The van der Waals surface area contributed by atoms with Crippen molar-refractivity contribution in [3.8, 4) is 5.75 Å². The molecule has 0 atom stereocenters. The second-order valence-electron chi connectivity index (χ2n) is 3.57. The lowest BCUT2D eigenvalue weighted by Gasteiger charge is -2.04. The van der Waals surface area contributed by atoms with Gasteiger partial charge in [-0.05, 0) is 24.3 Å². The number of hydrogen-bond acceptors (Lipinski definition) is 4. The maximum atomic E-state index is 11.4. The molecule has 0 aliphatic heterocycles. The van der Waals surface area contributed by atoms with Crippen LogP contribution >= 0.6 is 11.3 Å². The van der Waals surface area contributed by atoms with Crippen molar-refractivity contribution in [1.82, 2.24) is 4.98 Å². The van der Waals surface area contributed by atoms with Crippen molar-refractivity contribution in [3.05, 3.63) is 46.4 Å². The lowest BCUT2D eigenvalue weighted by molar-refractivity contribution is 0.0988. The summed E-state index contributed by atoms with van der Waals surface area (Å²) >= 11 is 1.55. The fraction of sp³-hybridized carbons (Fsp3) is 0.231. The van der Waals surface area contributed by atoms with Crippen LogP contribution in [-0.4, -0.2) is 10.8 Å². The third kappa shape index (κ3) is 3.14. The minimum atomic E-state index is 0.149. The summed E-state index contributed by atoms with van der Waals surface area (Å²) in [7, 11) is 0. The first-order valence-electron chi connectivity index (χ1n) is 5.42. The summed E-state index contributed by atoms with van der Waals surface area (Å²) in [6.45, 7) is 2.32. The lowest BCUT2D eigenvalue weighted by Crippen LogP contribution is -1.98. The molecule has 0 unspecified atom stereocenters. The maximum Gasteiger partial charge on any atom is 0.162 e. The molecule has 0 amide bonds. The Morgan fingerprint density at radius 2 is 2.12 bits per heavy atom. The fourth-order valence-corrected chi connectivity index (χ4v) is 1.95. The SMILES string of the molecule is CCC(=O)c1ccc(OCc2cscn2)cc1. The zero-order valence-corrected chi connectivity index (χ0v) is 10.4. The first-order chi connectivity index (χ1) is 8.29.